The highest BCUT2D eigenvalue weighted by molar-refractivity contribution is 5.66. The molecule has 27 heavy (non-hydrogen) atoms. The Morgan fingerprint density at radius 2 is 1.52 bits per heavy atom. The van der Waals surface area contributed by atoms with E-state index in [-0.39, 0.29) is 16.6 Å². The smallest absolute Gasteiger partial charge is 0.131 e. The first-order chi connectivity index (χ1) is 13.3. The molecule has 1 heterocycles. The summed E-state index contributed by atoms with van der Waals surface area (Å²) < 4.78 is 15.1. The van der Waals surface area contributed by atoms with Crippen molar-refractivity contribution in [2.45, 2.75) is 36.5 Å². The molecule has 0 amide bonds. The van der Waals surface area contributed by atoms with Gasteiger partial charge < -0.3 is 0 Å². The molecular formula is C25H22FN. The van der Waals surface area contributed by atoms with Crippen LogP contribution in [0.4, 0.5) is 4.39 Å². The van der Waals surface area contributed by atoms with Gasteiger partial charge in [-0.2, -0.15) is 0 Å². The molecular weight excluding hydrogens is 333 g/mol. The second-order valence-electron chi connectivity index (χ2n) is 8.62. The van der Waals surface area contributed by atoms with Crippen molar-refractivity contribution < 1.29 is 4.39 Å². The van der Waals surface area contributed by atoms with Crippen LogP contribution < -0.4 is 0 Å². The fourth-order valence-corrected chi connectivity index (χ4v) is 6.77. The van der Waals surface area contributed by atoms with Crippen LogP contribution >= 0.6 is 0 Å². The summed E-state index contributed by atoms with van der Waals surface area (Å²) in [4.78, 5) is 4.22. The van der Waals surface area contributed by atoms with Gasteiger partial charge in [-0.25, -0.2) is 4.39 Å². The van der Waals surface area contributed by atoms with Gasteiger partial charge in [0.05, 0.1) is 0 Å². The first kappa shape index (κ1) is 15.6. The van der Waals surface area contributed by atoms with E-state index < -0.39 is 0 Å². The molecule has 4 unspecified atom stereocenters. The maximum atomic E-state index is 15.1. The third-order valence-electron chi connectivity index (χ3n) is 7.82. The molecule has 2 aromatic carbocycles. The molecule has 2 heteroatoms. The largest absolute Gasteiger partial charge is 0.265 e. The van der Waals surface area contributed by atoms with Crippen LogP contribution in [-0.2, 0) is 10.8 Å². The number of nitrogens with zero attached hydrogens (tertiary/aromatic N) is 1. The summed E-state index contributed by atoms with van der Waals surface area (Å²) in [5.74, 6) is 1.34. The predicted octanol–water partition coefficient (Wildman–Crippen LogP) is 5.90. The van der Waals surface area contributed by atoms with Crippen LogP contribution in [0.1, 0.15) is 36.8 Å². The maximum absolute atomic E-state index is 15.1. The third-order valence-corrected chi connectivity index (χ3v) is 7.82. The lowest BCUT2D eigenvalue weighted by Gasteiger charge is -2.31. The van der Waals surface area contributed by atoms with Gasteiger partial charge in [-0.3, -0.25) is 4.98 Å². The Labute approximate surface area is 159 Å². The van der Waals surface area contributed by atoms with Crippen molar-refractivity contribution in [2.75, 3.05) is 0 Å². The maximum Gasteiger partial charge on any atom is 0.131 e. The minimum Gasteiger partial charge on any atom is -0.265 e. The third kappa shape index (κ3) is 1.86. The number of hydrogen-bond donors (Lipinski definition) is 0. The lowest BCUT2D eigenvalue weighted by Crippen LogP contribution is -2.29. The molecule has 134 valence electrons. The highest BCUT2D eigenvalue weighted by Gasteiger charge is 2.80. The fraction of sp³-hybridized carbons (Fsp3) is 0.320. The van der Waals surface area contributed by atoms with Crippen molar-refractivity contribution in [3.63, 3.8) is 0 Å². The van der Waals surface area contributed by atoms with Crippen LogP contribution in [0.15, 0.2) is 73.1 Å². The van der Waals surface area contributed by atoms with Gasteiger partial charge in [0, 0.05) is 28.8 Å². The van der Waals surface area contributed by atoms with Crippen molar-refractivity contribution in [1.82, 2.24) is 4.98 Å². The van der Waals surface area contributed by atoms with Gasteiger partial charge in [-0.05, 0) is 72.4 Å². The molecule has 0 N–H and O–H groups in total. The first-order valence-corrected chi connectivity index (χ1v) is 10.0. The topological polar surface area (TPSA) is 12.9 Å². The summed E-state index contributed by atoms with van der Waals surface area (Å²) >= 11 is 0. The first-order valence-electron chi connectivity index (χ1n) is 10.0. The number of rotatable bonds is 3. The monoisotopic (exact) mass is 355 g/mol. The Balaban J connectivity index is 1.47. The Morgan fingerprint density at radius 1 is 0.815 bits per heavy atom. The van der Waals surface area contributed by atoms with Gasteiger partial charge >= 0.3 is 0 Å². The molecule has 0 radical (unpaired) electrons. The second kappa shape index (κ2) is 5.28. The zero-order valence-corrected chi connectivity index (χ0v) is 15.2. The Morgan fingerprint density at radius 3 is 2.22 bits per heavy atom. The average molecular weight is 355 g/mol. The number of benzene rings is 2. The Kier molecular flexibility index (Phi) is 3.05. The van der Waals surface area contributed by atoms with E-state index in [9.17, 15) is 0 Å². The van der Waals surface area contributed by atoms with Gasteiger partial charge in [-0.15, -0.1) is 0 Å². The zero-order chi connectivity index (χ0) is 18.1. The van der Waals surface area contributed by atoms with Crippen LogP contribution in [0.25, 0.3) is 11.1 Å². The molecule has 1 nitrogen and oxygen atoms in total. The molecule has 6 rings (SSSR count). The molecule has 0 saturated heterocycles. The zero-order valence-electron chi connectivity index (χ0n) is 15.2. The normalized spacial score (nSPS) is 33.1. The van der Waals surface area contributed by atoms with E-state index in [2.05, 4.69) is 23.2 Å². The van der Waals surface area contributed by atoms with E-state index in [1.54, 1.807) is 0 Å². The van der Waals surface area contributed by atoms with Gasteiger partial charge in [0.25, 0.3) is 0 Å². The highest BCUT2D eigenvalue weighted by Crippen LogP contribution is 2.82. The molecule has 3 aliphatic carbocycles. The van der Waals surface area contributed by atoms with Crippen molar-refractivity contribution in [1.29, 1.82) is 0 Å². The van der Waals surface area contributed by atoms with Crippen molar-refractivity contribution in [3.05, 3.63) is 90.0 Å². The minimum absolute atomic E-state index is 0.0913. The van der Waals surface area contributed by atoms with Crippen LogP contribution in [0, 0.1) is 17.7 Å². The molecule has 3 aliphatic rings. The van der Waals surface area contributed by atoms with Crippen molar-refractivity contribution >= 4 is 0 Å². The summed E-state index contributed by atoms with van der Waals surface area (Å²) in [5.41, 5.74) is 4.62. The van der Waals surface area contributed by atoms with Crippen molar-refractivity contribution in [3.8, 4) is 11.1 Å². The number of hydrogen-bond acceptors (Lipinski definition) is 1. The molecule has 2 bridgehead atoms. The summed E-state index contributed by atoms with van der Waals surface area (Å²) in [7, 11) is 0. The van der Waals surface area contributed by atoms with Crippen LogP contribution in [0.5, 0.6) is 0 Å². The van der Waals surface area contributed by atoms with E-state index in [1.165, 1.54) is 36.8 Å². The van der Waals surface area contributed by atoms with Crippen LogP contribution in [0.2, 0.25) is 0 Å². The molecule has 3 fully saturated rings. The van der Waals surface area contributed by atoms with Gasteiger partial charge in [-0.1, -0.05) is 42.5 Å². The summed E-state index contributed by atoms with van der Waals surface area (Å²) in [6.45, 7) is 0. The van der Waals surface area contributed by atoms with Crippen LogP contribution in [-0.4, -0.2) is 4.98 Å². The quantitative estimate of drug-likeness (QED) is 0.570. The number of fused-ring (bicyclic) bond motifs is 5. The Hall–Kier alpha value is -2.48. The van der Waals surface area contributed by atoms with Crippen molar-refractivity contribution in [2.24, 2.45) is 11.8 Å². The Bertz CT molecular complexity index is 1020. The predicted molar refractivity (Wildman–Crippen MR) is 105 cm³/mol. The SMILES string of the molecule is Fc1cc(C23CC2(c2ccncc2)C2CCC3C2)ccc1-c1ccccc1. The number of halogens is 1. The average Bonchev–Trinajstić information content (AvgIpc) is 3.12. The summed E-state index contributed by atoms with van der Waals surface area (Å²) in [6, 6.07) is 20.3. The van der Waals surface area contributed by atoms with E-state index in [4.69, 9.17) is 0 Å². The fourth-order valence-electron chi connectivity index (χ4n) is 6.77. The molecule has 0 spiro atoms. The molecule has 3 aromatic rings. The van der Waals surface area contributed by atoms with E-state index in [0.29, 0.717) is 11.5 Å². The van der Waals surface area contributed by atoms with E-state index >= 15 is 4.39 Å². The number of pyridine rings is 1. The second-order valence-corrected chi connectivity index (χ2v) is 8.62. The van der Waals surface area contributed by atoms with E-state index in [0.717, 1.165) is 11.5 Å². The molecule has 1 aromatic heterocycles. The molecule has 0 aliphatic heterocycles. The van der Waals surface area contributed by atoms with Gasteiger partial charge in [0.2, 0.25) is 0 Å². The molecule has 3 saturated carbocycles. The van der Waals surface area contributed by atoms with Gasteiger partial charge in [0.1, 0.15) is 5.82 Å². The lowest BCUT2D eigenvalue weighted by atomic mass is 9.72. The summed E-state index contributed by atoms with van der Waals surface area (Å²) in [6.07, 6.45) is 8.91. The summed E-state index contributed by atoms with van der Waals surface area (Å²) in [5, 5.41) is 0. The van der Waals surface area contributed by atoms with E-state index in [1.807, 2.05) is 54.9 Å². The molecule has 4 atom stereocenters. The minimum atomic E-state index is -0.0913. The highest BCUT2D eigenvalue weighted by atomic mass is 19.1. The lowest BCUT2D eigenvalue weighted by molar-refractivity contribution is 0.362. The van der Waals surface area contributed by atoms with Crippen LogP contribution in [0.3, 0.4) is 0 Å². The standard InChI is InChI=1S/C25H22FN/c26-23-15-21(8-9-22(23)17-4-2-1-3-5-17)25-16-24(25,18-10-12-27-13-11-18)19-6-7-20(25)14-19/h1-5,8-13,15,19-20H,6-7,14,16H2. The van der Waals surface area contributed by atoms with Gasteiger partial charge in [0.15, 0.2) is 0 Å². The number of aromatic nitrogens is 1.